The van der Waals surface area contributed by atoms with Crippen LogP contribution in [0, 0.1) is 0 Å². The van der Waals surface area contributed by atoms with Crippen LogP contribution >= 0.6 is 0 Å². The molecule has 20 atom stereocenters. The molecule has 0 aliphatic carbocycles. The van der Waals surface area contributed by atoms with Crippen LogP contribution in [0.1, 0.15) is 41.0 Å². The van der Waals surface area contributed by atoms with E-state index in [9.17, 15) is 117 Å². The van der Waals surface area contributed by atoms with Gasteiger partial charge in [0.25, 0.3) is 0 Å². The zero-order valence-electron chi connectivity index (χ0n) is 48.6. The minimum absolute atomic E-state index is 0. The third kappa shape index (κ3) is 37.9. The Kier molecular flexibility index (Phi) is 52.2. The van der Waals surface area contributed by atoms with Crippen LogP contribution in [0.5, 0.6) is 0 Å². The van der Waals surface area contributed by atoms with E-state index in [1.54, 1.807) is 0 Å². The molecule has 4 rings (SSSR count). The summed E-state index contributed by atoms with van der Waals surface area (Å²) < 4.78 is 407. The molecule has 0 radical (unpaired) electrons. The Hall–Kier alpha value is 7.51. The molecule has 0 amide bonds. The van der Waals surface area contributed by atoms with Crippen molar-refractivity contribution in [1.82, 2.24) is 0 Å². The summed E-state index contributed by atoms with van der Waals surface area (Å²) in [6, 6.07) is 0. The molecule has 0 unspecified atom stereocenters. The molecule has 0 saturated carbocycles. The fraction of sp³-hybridized carbons (Fsp3) is 1.00. The van der Waals surface area contributed by atoms with Crippen molar-refractivity contribution >= 4 is 93.6 Å². The second-order valence-corrected chi connectivity index (χ2v) is 25.3. The molecule has 4 heterocycles. The minimum Gasteiger partial charge on any atom is -0.726 e. The first-order valence-corrected chi connectivity index (χ1v) is 32.8. The van der Waals surface area contributed by atoms with Gasteiger partial charge in [0.15, 0.2) is 49.6 Å². The molecule has 4 aliphatic rings. The molecule has 0 aromatic carbocycles. The molecule has 4 fully saturated rings. The van der Waals surface area contributed by atoms with Gasteiger partial charge in [-0.25, -0.2) is 75.8 Å². The van der Waals surface area contributed by atoms with E-state index in [2.05, 4.69) is 37.6 Å². The SMILES string of the molecule is CCCO[C@@H]1O[C@H]([C@@H](C)OS(=O)(=O)[O-])[C@@H](O[C@@H]2O[C@@H](C)[C@@H](OS(=O)(=O)[O-])[C@@H](O[C@@H]3O[C@@H](C)[C@@H](OS(=O)(=O)[O-])[C@@H](O[C@@H]4O[C@@H](C)[C@@H](OS(=O)(=O)[O-])[C@@H](OS(=O)(=O)[O-])[C@@H]4OS(=O)(=O)[O-])[C@@H]3OS(=O)(=O)[O-])[C@@H]2OS(=O)(=O)[O-])[C@@H]1OS(=O)(=O)[O-].[Na+].[Na+].[Na+].[Na+].[Na+].[Na+].[Na+].[Na+].[Na+]. The van der Waals surface area contributed by atoms with Gasteiger partial charge < -0.3 is 78.9 Å². The van der Waals surface area contributed by atoms with E-state index >= 15 is 0 Å². The maximum atomic E-state index is 12.5. The van der Waals surface area contributed by atoms with Gasteiger partial charge in [-0.1, -0.05) is 6.92 Å². The standard InChI is InChI=1S/C27H48O44S9.9Na/c1-6-7-55-24-20(68-77(43,44)45)16(12(59-24)11(5)63-72(28,29)30)60-25-21(69-78(46,47)48)17(13(8(2)56-25)64-73(31,32)33)61-26-22(70-79(49,50)51)18(14(9(3)57-26)65-74(34,35)36)62-27-23(71-80(52,53)54)19(67-76(40,41)42)15(10(4)58-27)66-75(37,38)39;;;;;;;;;/h8-27H,6-7H2,1-5H3,(H,28,29,30)(H,31,32,33)(H,34,35,36)(H,37,38,39)(H,40,41,42)(H,43,44,45)(H,46,47,48)(H,49,50,51)(H,52,53,54);;;;;;;;;/q;9*+1/p-9/t8-,9-,10-,11+,12+,13+,14+,15+,16+,17+,18+,19+,20-,21-,22-,23-,24+,25-,26-,27-;;;;;;;;;/m0........./s1. The van der Waals surface area contributed by atoms with Crippen LogP contribution in [0.25, 0.3) is 0 Å². The molecule has 62 heteroatoms. The Bertz CT molecular complexity index is 3230. The van der Waals surface area contributed by atoms with E-state index in [0.29, 0.717) is 27.7 Å². The van der Waals surface area contributed by atoms with Crippen molar-refractivity contribution in [1.29, 1.82) is 0 Å². The number of hydrogen-bond donors (Lipinski definition) is 0. The molecule has 0 aromatic rings. The van der Waals surface area contributed by atoms with Crippen LogP contribution in [0.15, 0.2) is 0 Å². The molecular formula is C27H39Na9O44S9. The van der Waals surface area contributed by atoms with Crippen molar-refractivity contribution in [3.63, 3.8) is 0 Å². The topological polar surface area (TPSA) is 672 Å². The van der Waals surface area contributed by atoms with E-state index in [4.69, 9.17) is 37.9 Å². The Labute approximate surface area is 709 Å². The van der Waals surface area contributed by atoms with Crippen LogP contribution in [-0.4, -0.2) is 246 Å². The number of rotatable bonds is 28. The first kappa shape index (κ1) is 107. The largest absolute Gasteiger partial charge is 1.00 e. The van der Waals surface area contributed by atoms with Gasteiger partial charge in [0.05, 0.1) is 18.3 Å². The van der Waals surface area contributed by atoms with E-state index < -0.39 is 223 Å². The molecule has 44 nitrogen and oxygen atoms in total. The summed E-state index contributed by atoms with van der Waals surface area (Å²) in [5.74, 6) is 0. The summed E-state index contributed by atoms with van der Waals surface area (Å²) in [4.78, 5) is 0. The van der Waals surface area contributed by atoms with E-state index in [1.165, 1.54) is 6.92 Å². The Morgan fingerprint density at radius 3 is 0.798 bits per heavy atom. The third-order valence-electron chi connectivity index (χ3n) is 10.3. The monoisotopic (exact) mass is 1560 g/mol. The number of hydrogen-bond acceptors (Lipinski definition) is 44. The number of ether oxygens (including phenoxy) is 8. The molecule has 0 N–H and O–H groups in total. The molecular weight excluding hydrogens is 1520 g/mol. The fourth-order valence-electron chi connectivity index (χ4n) is 7.82. The average molecular weight is 1560 g/mol. The summed E-state index contributed by atoms with van der Waals surface area (Å²) in [6.45, 7) is 3.37. The normalized spacial score (nSPS) is 32.5. The molecule has 0 aromatic heterocycles. The van der Waals surface area contributed by atoms with E-state index in [1.807, 2.05) is 0 Å². The van der Waals surface area contributed by atoms with Crippen molar-refractivity contribution in [2.45, 2.75) is 164 Å². The second-order valence-electron chi connectivity index (χ2n) is 16.2. The summed E-state index contributed by atoms with van der Waals surface area (Å²) in [6.07, 6.45) is -57.6. The van der Waals surface area contributed by atoms with Crippen LogP contribution < -0.4 is 266 Å². The zero-order chi connectivity index (χ0) is 61.5. The molecule has 89 heavy (non-hydrogen) atoms. The summed E-state index contributed by atoms with van der Waals surface area (Å²) >= 11 is 0. The quantitative estimate of drug-likeness (QED) is 0.0399. The van der Waals surface area contributed by atoms with Gasteiger partial charge in [0.1, 0.15) is 54.9 Å². The van der Waals surface area contributed by atoms with Crippen molar-refractivity contribution < 1.29 is 458 Å². The van der Waals surface area contributed by atoms with Crippen molar-refractivity contribution in [2.24, 2.45) is 0 Å². The van der Waals surface area contributed by atoms with Gasteiger partial charge in [-0.05, 0) is 34.1 Å². The zero-order valence-corrected chi connectivity index (χ0v) is 73.9. The Balaban J connectivity index is -0.00000191. The predicted molar refractivity (Wildman–Crippen MR) is 219 cm³/mol. The van der Waals surface area contributed by atoms with Gasteiger partial charge in [-0.2, -0.15) is 0 Å². The summed E-state index contributed by atoms with van der Waals surface area (Å²) in [5, 5.41) is 0. The van der Waals surface area contributed by atoms with Crippen molar-refractivity contribution in [3.8, 4) is 0 Å². The van der Waals surface area contributed by atoms with Crippen LogP contribution in [0.2, 0.25) is 0 Å². The second kappa shape index (κ2) is 43.2. The summed E-state index contributed by atoms with van der Waals surface area (Å²) in [7, 11) is -56.7. The van der Waals surface area contributed by atoms with Gasteiger partial charge in [0, 0.05) is 6.61 Å². The van der Waals surface area contributed by atoms with Crippen LogP contribution in [0.4, 0.5) is 0 Å². The van der Waals surface area contributed by atoms with Crippen LogP contribution in [-0.2, 0) is 169 Å². The first-order valence-electron chi connectivity index (χ1n) is 20.8. The van der Waals surface area contributed by atoms with E-state index in [0.717, 1.165) is 0 Å². The summed E-state index contributed by atoms with van der Waals surface area (Å²) in [5.41, 5.74) is 0. The molecule has 0 spiro atoms. The third-order valence-corrected chi connectivity index (χ3v) is 14.5. The molecule has 0 bridgehead atoms. The van der Waals surface area contributed by atoms with Gasteiger partial charge >= 0.3 is 266 Å². The van der Waals surface area contributed by atoms with Crippen molar-refractivity contribution in [3.05, 3.63) is 0 Å². The van der Waals surface area contributed by atoms with Gasteiger partial charge in [-0.15, -0.1) is 0 Å². The molecule has 474 valence electrons. The van der Waals surface area contributed by atoms with Crippen molar-refractivity contribution in [2.75, 3.05) is 6.61 Å². The Morgan fingerprint density at radius 1 is 0.315 bits per heavy atom. The Morgan fingerprint density at radius 2 is 0.539 bits per heavy atom. The maximum absolute atomic E-state index is 12.5. The predicted octanol–water partition coefficient (Wildman–Crippen LogP) is -35.8. The average Bonchev–Trinajstić information content (AvgIpc) is 3.53. The minimum atomic E-state index is -6.61. The smallest absolute Gasteiger partial charge is 0.726 e. The molecule has 4 aliphatic heterocycles. The fourth-order valence-corrected chi connectivity index (χ4v) is 12.3. The first-order chi connectivity index (χ1) is 35.8. The molecule has 4 saturated heterocycles. The van der Waals surface area contributed by atoms with Crippen LogP contribution in [0.3, 0.4) is 0 Å². The van der Waals surface area contributed by atoms with Gasteiger partial charge in [-0.3, -0.25) is 37.6 Å². The van der Waals surface area contributed by atoms with E-state index in [-0.39, 0.29) is 272 Å². The maximum Gasteiger partial charge on any atom is 1.00 e. The van der Waals surface area contributed by atoms with Gasteiger partial charge in [0.2, 0.25) is 93.6 Å².